The molecular formula is C22H18ClN5O2. The number of halogens is 1. The second-order valence-electron chi connectivity index (χ2n) is 7.11. The molecule has 0 radical (unpaired) electrons. The van der Waals surface area contributed by atoms with Gasteiger partial charge in [-0.2, -0.15) is 0 Å². The zero-order valence-corrected chi connectivity index (χ0v) is 17.0. The fourth-order valence-corrected chi connectivity index (χ4v) is 3.98. The van der Waals surface area contributed by atoms with E-state index >= 15 is 0 Å². The van der Waals surface area contributed by atoms with E-state index in [0.29, 0.717) is 48.1 Å². The minimum absolute atomic E-state index is 0.261. The third-order valence-corrected chi connectivity index (χ3v) is 5.61. The normalized spacial score (nSPS) is 13.9. The van der Waals surface area contributed by atoms with Crippen LogP contribution in [0.2, 0.25) is 5.15 Å². The van der Waals surface area contributed by atoms with Crippen molar-refractivity contribution in [2.45, 2.75) is 19.8 Å². The number of hydrogen-bond donors (Lipinski definition) is 1. The first-order valence-electron chi connectivity index (χ1n) is 9.47. The van der Waals surface area contributed by atoms with E-state index in [-0.39, 0.29) is 5.15 Å². The average Bonchev–Trinajstić information content (AvgIpc) is 3.24. The predicted octanol–water partition coefficient (Wildman–Crippen LogP) is 4.06. The lowest BCUT2D eigenvalue weighted by Crippen LogP contribution is -2.40. The first kappa shape index (κ1) is 19.8. The molecule has 0 bridgehead atoms. The molecule has 0 aromatic carbocycles. The molecule has 1 saturated heterocycles. The van der Waals surface area contributed by atoms with Crippen LogP contribution in [-0.4, -0.2) is 44.6 Å². The second-order valence-corrected chi connectivity index (χ2v) is 7.47. The highest BCUT2D eigenvalue weighted by atomic mass is 35.5. The number of H-pyrrole nitrogens is 1. The first-order chi connectivity index (χ1) is 14.5. The topological polar surface area (TPSA) is 83.3 Å². The number of piperidine rings is 1. The number of rotatable bonds is 3. The van der Waals surface area contributed by atoms with Crippen molar-refractivity contribution >= 4 is 39.9 Å². The molecule has 0 saturated carbocycles. The van der Waals surface area contributed by atoms with Crippen LogP contribution < -0.4 is 0 Å². The van der Waals surface area contributed by atoms with Gasteiger partial charge < -0.3 is 9.88 Å². The van der Waals surface area contributed by atoms with Crippen molar-refractivity contribution < 1.29 is 9.59 Å². The third-order valence-electron chi connectivity index (χ3n) is 5.33. The van der Waals surface area contributed by atoms with E-state index in [0.717, 1.165) is 16.7 Å². The zero-order chi connectivity index (χ0) is 21.3. The molecule has 4 rings (SSSR count). The monoisotopic (exact) mass is 419 g/mol. The molecule has 0 aliphatic carbocycles. The van der Waals surface area contributed by atoms with Crippen LogP contribution in [0.25, 0.3) is 21.4 Å². The molecule has 0 spiro atoms. The van der Waals surface area contributed by atoms with Crippen LogP contribution in [0.1, 0.15) is 34.3 Å². The number of nitrogens with one attached hydrogen (secondary N) is 1. The molecule has 3 aromatic rings. The predicted molar refractivity (Wildman–Crippen MR) is 114 cm³/mol. The number of aromatic amines is 1. The van der Waals surface area contributed by atoms with Gasteiger partial charge in [0.25, 0.3) is 11.7 Å². The number of amides is 1. The summed E-state index contributed by atoms with van der Waals surface area (Å²) in [6, 6.07) is 3.65. The Kier molecular flexibility index (Phi) is 5.34. The summed E-state index contributed by atoms with van der Waals surface area (Å²) in [4.78, 5) is 42.1. The summed E-state index contributed by atoms with van der Waals surface area (Å²) in [6.45, 7) is 10.1. The summed E-state index contributed by atoms with van der Waals surface area (Å²) in [5, 5.41) is 0.884. The average molecular weight is 420 g/mol. The Morgan fingerprint density at radius 1 is 1.27 bits per heavy atom. The number of hydrogen-bond acceptors (Lipinski definition) is 4. The molecule has 1 amide bonds. The zero-order valence-electron chi connectivity index (χ0n) is 16.3. The maximum atomic E-state index is 12.9. The fraction of sp³-hybridized carbons (Fsp3) is 0.227. The molecule has 1 N–H and O–H groups in total. The number of Topliss-reactive ketones (excluding diaryl/α,β-unsaturated/α-hetero) is 1. The molecule has 8 heteroatoms. The summed E-state index contributed by atoms with van der Waals surface area (Å²) in [5.41, 5.74) is 3.96. The number of likely N-dealkylation sites (tertiary alicyclic amines) is 1. The van der Waals surface area contributed by atoms with Crippen LogP contribution in [0.5, 0.6) is 0 Å². The number of aryl methyl sites for hydroxylation is 1. The SMILES string of the molecule is [C-]#[N+]C(=C1CCN(C(=O)C(=O)c2c[nH]c3c(Cl)ncc(C)c23)CC1)c1cccnc1. The molecule has 30 heavy (non-hydrogen) atoms. The first-order valence-corrected chi connectivity index (χ1v) is 9.84. The van der Waals surface area contributed by atoms with Crippen molar-refractivity contribution in [1.29, 1.82) is 0 Å². The summed E-state index contributed by atoms with van der Waals surface area (Å²) >= 11 is 6.10. The van der Waals surface area contributed by atoms with Crippen molar-refractivity contribution in [3.05, 3.63) is 75.8 Å². The highest BCUT2D eigenvalue weighted by Crippen LogP contribution is 2.29. The van der Waals surface area contributed by atoms with Crippen LogP contribution in [0.3, 0.4) is 0 Å². The summed E-state index contributed by atoms with van der Waals surface area (Å²) in [7, 11) is 0. The maximum Gasteiger partial charge on any atom is 0.295 e. The third kappa shape index (κ3) is 3.46. The lowest BCUT2D eigenvalue weighted by atomic mass is 9.98. The van der Waals surface area contributed by atoms with Gasteiger partial charge in [0.15, 0.2) is 10.9 Å². The Morgan fingerprint density at radius 2 is 2.03 bits per heavy atom. The number of fused-ring (bicyclic) bond motifs is 1. The van der Waals surface area contributed by atoms with Crippen molar-refractivity contribution in [3.63, 3.8) is 0 Å². The van der Waals surface area contributed by atoms with Crippen LogP contribution >= 0.6 is 11.6 Å². The van der Waals surface area contributed by atoms with Gasteiger partial charge in [0.05, 0.1) is 17.7 Å². The molecule has 0 atom stereocenters. The van der Waals surface area contributed by atoms with Crippen molar-refractivity contribution in [3.8, 4) is 0 Å². The lowest BCUT2D eigenvalue weighted by molar-refractivity contribution is -0.126. The number of carbonyl (C=O) groups is 2. The van der Waals surface area contributed by atoms with Crippen LogP contribution in [0.15, 0.2) is 42.5 Å². The molecule has 1 aliphatic rings. The highest BCUT2D eigenvalue weighted by Gasteiger charge is 2.29. The van der Waals surface area contributed by atoms with Gasteiger partial charge in [-0.05, 0) is 37.0 Å². The Labute approximate surface area is 178 Å². The van der Waals surface area contributed by atoms with Gasteiger partial charge in [0.1, 0.15) is 0 Å². The Balaban J connectivity index is 1.54. The van der Waals surface area contributed by atoms with Crippen LogP contribution in [0.4, 0.5) is 0 Å². The van der Waals surface area contributed by atoms with Crippen molar-refractivity contribution in [2.75, 3.05) is 13.1 Å². The van der Waals surface area contributed by atoms with Crippen LogP contribution in [0, 0.1) is 13.5 Å². The van der Waals surface area contributed by atoms with E-state index in [1.54, 1.807) is 29.6 Å². The summed E-state index contributed by atoms with van der Waals surface area (Å²) in [6.07, 6.45) is 7.53. The number of pyridine rings is 2. The second kappa shape index (κ2) is 8.09. The number of nitrogens with zero attached hydrogens (tertiary/aromatic N) is 4. The van der Waals surface area contributed by atoms with Gasteiger partial charge in [-0.25, -0.2) is 9.83 Å². The summed E-state index contributed by atoms with van der Waals surface area (Å²) < 4.78 is 0. The Hall–Kier alpha value is -3.50. The van der Waals surface area contributed by atoms with Crippen molar-refractivity contribution in [2.24, 2.45) is 0 Å². The van der Waals surface area contributed by atoms with Crippen molar-refractivity contribution in [1.82, 2.24) is 19.9 Å². The Morgan fingerprint density at radius 3 is 2.70 bits per heavy atom. The lowest BCUT2D eigenvalue weighted by Gasteiger charge is -2.28. The van der Waals surface area contributed by atoms with Gasteiger partial charge >= 0.3 is 0 Å². The quantitative estimate of drug-likeness (QED) is 0.300. The van der Waals surface area contributed by atoms with E-state index < -0.39 is 11.7 Å². The molecular weight excluding hydrogens is 402 g/mol. The Bertz CT molecular complexity index is 1210. The molecule has 1 fully saturated rings. The van der Waals surface area contributed by atoms with Gasteiger partial charge in [0.2, 0.25) is 0 Å². The largest absolute Gasteiger partial charge is 0.358 e. The minimum atomic E-state index is -0.572. The van der Waals surface area contributed by atoms with E-state index in [2.05, 4.69) is 19.8 Å². The van der Waals surface area contributed by atoms with Gasteiger partial charge in [0, 0.05) is 43.3 Å². The number of ketones is 1. The molecule has 1 aliphatic heterocycles. The molecule has 3 aromatic heterocycles. The molecule has 7 nitrogen and oxygen atoms in total. The van der Waals surface area contributed by atoms with E-state index in [1.165, 1.54) is 6.20 Å². The smallest absolute Gasteiger partial charge is 0.295 e. The van der Waals surface area contributed by atoms with E-state index in [1.807, 2.05) is 13.0 Å². The molecule has 150 valence electrons. The molecule has 0 unspecified atom stereocenters. The fourth-order valence-electron chi connectivity index (χ4n) is 3.78. The summed E-state index contributed by atoms with van der Waals surface area (Å²) in [5.74, 6) is -1.12. The standard InChI is InChI=1S/C22H18ClN5O2/c1-13-10-27-21(23)19-17(13)16(12-26-19)20(29)22(30)28-8-5-14(6-9-28)18(24-2)15-4-3-7-25-11-15/h3-4,7,10-12,26H,5-6,8-9H2,1H3. The van der Waals surface area contributed by atoms with Gasteiger partial charge in [-0.15, -0.1) is 0 Å². The van der Waals surface area contributed by atoms with Crippen LogP contribution in [-0.2, 0) is 4.79 Å². The number of aromatic nitrogens is 3. The van der Waals surface area contributed by atoms with E-state index in [4.69, 9.17) is 18.2 Å². The maximum absolute atomic E-state index is 12.9. The van der Waals surface area contributed by atoms with Gasteiger partial charge in [-0.1, -0.05) is 23.2 Å². The molecule has 4 heterocycles. The number of carbonyl (C=O) groups excluding carboxylic acids is 2. The minimum Gasteiger partial charge on any atom is -0.358 e. The van der Waals surface area contributed by atoms with E-state index in [9.17, 15) is 9.59 Å². The van der Waals surface area contributed by atoms with Gasteiger partial charge in [-0.3, -0.25) is 14.6 Å². The highest BCUT2D eigenvalue weighted by molar-refractivity contribution is 6.45.